The summed E-state index contributed by atoms with van der Waals surface area (Å²) in [7, 11) is 0. The summed E-state index contributed by atoms with van der Waals surface area (Å²) in [5.41, 5.74) is 1.10. The van der Waals surface area contributed by atoms with Gasteiger partial charge in [-0.05, 0) is 25.0 Å². The second kappa shape index (κ2) is 4.51. The molecule has 0 N–H and O–H groups in total. The van der Waals surface area contributed by atoms with Gasteiger partial charge in [-0.15, -0.1) is 13.2 Å². The quantitative estimate of drug-likeness (QED) is 0.500. The average Bonchev–Trinajstić information content (AvgIpc) is 2.17. The van der Waals surface area contributed by atoms with E-state index in [0.717, 1.165) is 0 Å². The van der Waals surface area contributed by atoms with E-state index < -0.39 is 0 Å². The fourth-order valence-corrected chi connectivity index (χ4v) is 1.39. The van der Waals surface area contributed by atoms with E-state index in [2.05, 4.69) is 13.2 Å². The molecule has 0 spiro atoms. The molecule has 1 rings (SSSR count). The van der Waals surface area contributed by atoms with Gasteiger partial charge in [0.1, 0.15) is 0 Å². The van der Waals surface area contributed by atoms with E-state index in [0.29, 0.717) is 24.0 Å². The Bertz CT molecular complexity index is 323. The van der Waals surface area contributed by atoms with Gasteiger partial charge in [0.05, 0.1) is 0 Å². The van der Waals surface area contributed by atoms with Crippen molar-refractivity contribution in [2.45, 2.75) is 12.8 Å². The molecule has 14 heavy (non-hydrogen) atoms. The Hall–Kier alpha value is -1.70. The predicted molar refractivity (Wildman–Crippen MR) is 55.8 cm³/mol. The molecular formula is C12H12O2. The average molecular weight is 188 g/mol. The van der Waals surface area contributed by atoms with Crippen molar-refractivity contribution in [3.63, 3.8) is 0 Å². The Morgan fingerprint density at radius 2 is 1.29 bits per heavy atom. The van der Waals surface area contributed by atoms with E-state index >= 15 is 0 Å². The van der Waals surface area contributed by atoms with Gasteiger partial charge in [0.15, 0.2) is 11.6 Å². The first kappa shape index (κ1) is 10.4. The fourth-order valence-electron chi connectivity index (χ4n) is 1.39. The standard InChI is InChI=1S/C12H12O2/c1-3-5-9-10(6-4-2)12(14)8-7-11(9)13/h3-4,7-8H,1-2,5-6H2. The van der Waals surface area contributed by atoms with Gasteiger partial charge < -0.3 is 0 Å². The molecule has 0 saturated carbocycles. The van der Waals surface area contributed by atoms with E-state index in [1.807, 2.05) is 0 Å². The van der Waals surface area contributed by atoms with E-state index in [4.69, 9.17) is 0 Å². The maximum absolute atomic E-state index is 11.4. The highest BCUT2D eigenvalue weighted by atomic mass is 16.1. The third-order valence-corrected chi connectivity index (χ3v) is 2.04. The van der Waals surface area contributed by atoms with Gasteiger partial charge >= 0.3 is 0 Å². The number of carbonyl (C=O) groups is 2. The van der Waals surface area contributed by atoms with Gasteiger partial charge in [0.2, 0.25) is 0 Å². The third-order valence-electron chi connectivity index (χ3n) is 2.04. The van der Waals surface area contributed by atoms with Gasteiger partial charge in [-0.1, -0.05) is 12.2 Å². The van der Waals surface area contributed by atoms with Crippen LogP contribution in [0, 0.1) is 0 Å². The third kappa shape index (κ3) is 1.96. The summed E-state index contributed by atoms with van der Waals surface area (Å²) in [5, 5.41) is 0. The molecule has 0 aromatic rings. The first-order valence-electron chi connectivity index (χ1n) is 4.41. The monoisotopic (exact) mass is 188 g/mol. The largest absolute Gasteiger partial charge is 0.290 e. The normalized spacial score (nSPS) is 16.0. The molecule has 0 fully saturated rings. The van der Waals surface area contributed by atoms with Crippen LogP contribution in [0.2, 0.25) is 0 Å². The summed E-state index contributed by atoms with van der Waals surface area (Å²) in [6.45, 7) is 7.12. The molecule has 0 aliphatic heterocycles. The molecule has 0 amide bonds. The Balaban J connectivity index is 3.11. The summed E-state index contributed by atoms with van der Waals surface area (Å²) < 4.78 is 0. The van der Waals surface area contributed by atoms with Crippen LogP contribution in [-0.4, -0.2) is 11.6 Å². The topological polar surface area (TPSA) is 34.1 Å². The molecule has 0 atom stereocenters. The van der Waals surface area contributed by atoms with Gasteiger partial charge in [-0.25, -0.2) is 0 Å². The summed E-state index contributed by atoms with van der Waals surface area (Å²) >= 11 is 0. The van der Waals surface area contributed by atoms with Crippen molar-refractivity contribution in [2.75, 3.05) is 0 Å². The summed E-state index contributed by atoms with van der Waals surface area (Å²) in [6.07, 6.45) is 6.77. The van der Waals surface area contributed by atoms with Crippen molar-refractivity contribution in [3.05, 3.63) is 48.6 Å². The molecule has 1 aliphatic carbocycles. The van der Waals surface area contributed by atoms with Crippen molar-refractivity contribution in [2.24, 2.45) is 0 Å². The highest BCUT2D eigenvalue weighted by molar-refractivity contribution is 6.20. The van der Waals surface area contributed by atoms with Gasteiger partial charge in [0, 0.05) is 11.1 Å². The van der Waals surface area contributed by atoms with Crippen LogP contribution < -0.4 is 0 Å². The van der Waals surface area contributed by atoms with Crippen LogP contribution in [-0.2, 0) is 9.59 Å². The molecule has 0 saturated heterocycles. The molecule has 0 bridgehead atoms. The van der Waals surface area contributed by atoms with Crippen molar-refractivity contribution in [1.82, 2.24) is 0 Å². The molecule has 0 unspecified atom stereocenters. The Morgan fingerprint density at radius 1 is 0.929 bits per heavy atom. The van der Waals surface area contributed by atoms with Crippen molar-refractivity contribution in [3.8, 4) is 0 Å². The molecular weight excluding hydrogens is 176 g/mol. The Kier molecular flexibility index (Phi) is 3.35. The second-order valence-corrected chi connectivity index (χ2v) is 3.00. The zero-order valence-electron chi connectivity index (χ0n) is 7.95. The number of rotatable bonds is 4. The Labute approximate surface area is 83.3 Å². The van der Waals surface area contributed by atoms with Crippen LogP contribution in [0.25, 0.3) is 0 Å². The van der Waals surface area contributed by atoms with Crippen LogP contribution >= 0.6 is 0 Å². The van der Waals surface area contributed by atoms with Gasteiger partial charge in [-0.3, -0.25) is 9.59 Å². The molecule has 0 heterocycles. The first-order chi connectivity index (χ1) is 6.70. The zero-order valence-corrected chi connectivity index (χ0v) is 7.95. The molecule has 0 radical (unpaired) electrons. The van der Waals surface area contributed by atoms with Crippen LogP contribution in [0.1, 0.15) is 12.8 Å². The SMILES string of the molecule is C=CCC1=C(CC=C)C(=O)C=CC1=O. The minimum Gasteiger partial charge on any atom is -0.290 e. The number of allylic oxidation sites excluding steroid dienone is 6. The minimum atomic E-state index is -0.0960. The number of ketones is 2. The van der Waals surface area contributed by atoms with Gasteiger partial charge in [0.25, 0.3) is 0 Å². The predicted octanol–water partition coefficient (Wildman–Crippen LogP) is 2.14. The molecule has 0 aromatic carbocycles. The number of hydrogen-bond acceptors (Lipinski definition) is 2. The van der Waals surface area contributed by atoms with E-state index in [1.54, 1.807) is 12.2 Å². The van der Waals surface area contributed by atoms with Gasteiger partial charge in [-0.2, -0.15) is 0 Å². The van der Waals surface area contributed by atoms with Crippen molar-refractivity contribution < 1.29 is 9.59 Å². The summed E-state index contributed by atoms with van der Waals surface area (Å²) in [5.74, 6) is -0.192. The lowest BCUT2D eigenvalue weighted by molar-refractivity contribution is -0.115. The van der Waals surface area contributed by atoms with Crippen molar-refractivity contribution in [1.29, 1.82) is 0 Å². The molecule has 2 heteroatoms. The maximum atomic E-state index is 11.4. The summed E-state index contributed by atoms with van der Waals surface area (Å²) in [4.78, 5) is 22.9. The van der Waals surface area contributed by atoms with Crippen LogP contribution in [0.15, 0.2) is 48.6 Å². The highest BCUT2D eigenvalue weighted by Crippen LogP contribution is 2.20. The smallest absolute Gasteiger partial charge is 0.182 e. The molecule has 0 aromatic heterocycles. The number of carbonyl (C=O) groups excluding carboxylic acids is 2. The van der Waals surface area contributed by atoms with E-state index in [9.17, 15) is 9.59 Å². The molecule has 2 nitrogen and oxygen atoms in total. The lowest BCUT2D eigenvalue weighted by atomic mass is 9.91. The fraction of sp³-hybridized carbons (Fsp3) is 0.167. The lowest BCUT2D eigenvalue weighted by Gasteiger charge is -2.11. The number of hydrogen-bond donors (Lipinski definition) is 0. The van der Waals surface area contributed by atoms with Crippen molar-refractivity contribution >= 4 is 11.6 Å². The molecule has 72 valence electrons. The maximum Gasteiger partial charge on any atom is 0.182 e. The minimum absolute atomic E-state index is 0.0960. The highest BCUT2D eigenvalue weighted by Gasteiger charge is 2.19. The second-order valence-electron chi connectivity index (χ2n) is 3.00. The van der Waals surface area contributed by atoms with Crippen LogP contribution in [0.4, 0.5) is 0 Å². The van der Waals surface area contributed by atoms with E-state index in [1.165, 1.54) is 12.2 Å². The van der Waals surface area contributed by atoms with E-state index in [-0.39, 0.29) is 11.6 Å². The van der Waals surface area contributed by atoms with Crippen LogP contribution in [0.3, 0.4) is 0 Å². The van der Waals surface area contributed by atoms with Crippen LogP contribution in [0.5, 0.6) is 0 Å². The lowest BCUT2D eigenvalue weighted by Crippen LogP contribution is -2.13. The zero-order chi connectivity index (χ0) is 10.6. The summed E-state index contributed by atoms with van der Waals surface area (Å²) in [6, 6.07) is 0. The first-order valence-corrected chi connectivity index (χ1v) is 4.41. The Morgan fingerprint density at radius 3 is 1.57 bits per heavy atom. The molecule has 1 aliphatic rings.